The van der Waals surface area contributed by atoms with Gasteiger partial charge >= 0.3 is 0 Å². The maximum atomic E-state index is 13.0. The first-order valence-electron chi connectivity index (χ1n) is 5.28. The van der Waals surface area contributed by atoms with Gasteiger partial charge in [0.25, 0.3) is 0 Å². The molecule has 1 aromatic carbocycles. The summed E-state index contributed by atoms with van der Waals surface area (Å²) < 4.78 is 41.8. The van der Waals surface area contributed by atoms with Gasteiger partial charge in [0, 0.05) is 6.07 Å². The summed E-state index contributed by atoms with van der Waals surface area (Å²) in [6.45, 7) is 0. The molecule has 0 N–H and O–H groups in total. The number of sulfone groups is 1. The van der Waals surface area contributed by atoms with Crippen LogP contribution in [0.25, 0.3) is 0 Å². The van der Waals surface area contributed by atoms with Crippen molar-refractivity contribution >= 4 is 25.8 Å². The van der Waals surface area contributed by atoms with Gasteiger partial charge in [-0.15, -0.1) is 0 Å². The fraction of sp³-hybridized carbons (Fsp3) is 0.455. The highest BCUT2D eigenvalue weighted by molar-refractivity contribution is 9.10. The highest BCUT2D eigenvalue weighted by Crippen LogP contribution is 2.28. The van der Waals surface area contributed by atoms with Gasteiger partial charge in [-0.1, -0.05) is 0 Å². The predicted molar refractivity (Wildman–Crippen MR) is 66.4 cm³/mol. The molecule has 0 spiro atoms. The first-order chi connectivity index (χ1) is 7.96. The van der Waals surface area contributed by atoms with Crippen LogP contribution in [-0.2, 0) is 9.84 Å². The zero-order chi connectivity index (χ0) is 12.5. The lowest BCUT2D eigenvalue weighted by molar-refractivity contribution is 0.187. The van der Waals surface area contributed by atoms with E-state index in [0.717, 1.165) is 0 Å². The van der Waals surface area contributed by atoms with Gasteiger partial charge < -0.3 is 4.74 Å². The topological polar surface area (TPSA) is 43.4 Å². The number of rotatable bonds is 2. The van der Waals surface area contributed by atoms with Gasteiger partial charge in [0.1, 0.15) is 17.7 Å². The molecule has 2 rings (SSSR count). The van der Waals surface area contributed by atoms with Crippen molar-refractivity contribution in [3.05, 3.63) is 28.5 Å². The van der Waals surface area contributed by atoms with E-state index in [1.165, 1.54) is 12.1 Å². The van der Waals surface area contributed by atoms with Crippen molar-refractivity contribution in [1.29, 1.82) is 0 Å². The lowest BCUT2D eigenvalue weighted by Gasteiger charge is -2.23. The molecule has 6 heteroatoms. The summed E-state index contributed by atoms with van der Waals surface area (Å²) in [4.78, 5) is 0. The van der Waals surface area contributed by atoms with Gasteiger partial charge in [0.15, 0.2) is 9.84 Å². The van der Waals surface area contributed by atoms with Gasteiger partial charge in [0.05, 0.1) is 16.0 Å². The summed E-state index contributed by atoms with van der Waals surface area (Å²) in [6.07, 6.45) is 0.771. The molecule has 0 amide bonds. The Morgan fingerprint density at radius 3 is 2.59 bits per heavy atom. The zero-order valence-corrected chi connectivity index (χ0v) is 11.4. The molecule has 17 heavy (non-hydrogen) atoms. The van der Waals surface area contributed by atoms with Crippen LogP contribution in [0, 0.1) is 5.82 Å². The summed E-state index contributed by atoms with van der Waals surface area (Å²) in [6, 6.07) is 4.21. The second-order valence-electron chi connectivity index (χ2n) is 4.04. The van der Waals surface area contributed by atoms with Crippen molar-refractivity contribution in [2.45, 2.75) is 18.9 Å². The van der Waals surface area contributed by atoms with E-state index in [0.29, 0.717) is 23.1 Å². The van der Waals surface area contributed by atoms with Crippen molar-refractivity contribution in [3.8, 4) is 5.75 Å². The summed E-state index contributed by atoms with van der Waals surface area (Å²) in [5.41, 5.74) is 0. The second-order valence-corrected chi connectivity index (χ2v) is 7.20. The Hall–Kier alpha value is -0.620. The first kappa shape index (κ1) is 12.8. The van der Waals surface area contributed by atoms with Crippen LogP contribution in [0.4, 0.5) is 4.39 Å². The van der Waals surface area contributed by atoms with Gasteiger partial charge in [-0.25, -0.2) is 12.8 Å². The Bertz CT molecular complexity index is 501. The van der Waals surface area contributed by atoms with Crippen LogP contribution in [0.15, 0.2) is 22.7 Å². The molecule has 0 radical (unpaired) electrons. The highest BCUT2D eigenvalue weighted by Gasteiger charge is 2.25. The SMILES string of the molecule is O=S1(=O)CCC(Oc2cc(F)ccc2Br)CC1. The zero-order valence-electron chi connectivity index (χ0n) is 9.03. The molecular weight excluding hydrogens is 311 g/mol. The second kappa shape index (κ2) is 4.94. The fourth-order valence-corrected chi connectivity index (χ4v) is 3.52. The Morgan fingerprint density at radius 2 is 1.94 bits per heavy atom. The molecule has 0 aromatic heterocycles. The van der Waals surface area contributed by atoms with Gasteiger partial charge in [0.2, 0.25) is 0 Å². The summed E-state index contributed by atoms with van der Waals surface area (Å²) in [5, 5.41) is 0. The van der Waals surface area contributed by atoms with E-state index >= 15 is 0 Å². The minimum atomic E-state index is -2.89. The highest BCUT2D eigenvalue weighted by atomic mass is 79.9. The lowest BCUT2D eigenvalue weighted by atomic mass is 10.2. The Kier molecular flexibility index (Phi) is 3.73. The van der Waals surface area contributed by atoms with Crippen molar-refractivity contribution in [3.63, 3.8) is 0 Å². The first-order valence-corrected chi connectivity index (χ1v) is 7.90. The Morgan fingerprint density at radius 1 is 1.29 bits per heavy atom. The van der Waals surface area contributed by atoms with Crippen LogP contribution in [0.1, 0.15) is 12.8 Å². The minimum Gasteiger partial charge on any atom is -0.489 e. The van der Waals surface area contributed by atoms with Crippen LogP contribution in [0.5, 0.6) is 5.75 Å². The molecule has 1 heterocycles. The number of halogens is 2. The molecule has 1 aliphatic rings. The van der Waals surface area contributed by atoms with E-state index in [9.17, 15) is 12.8 Å². The molecule has 3 nitrogen and oxygen atoms in total. The normalized spacial score (nSPS) is 20.1. The van der Waals surface area contributed by atoms with E-state index in [1.54, 1.807) is 6.07 Å². The molecule has 1 fully saturated rings. The number of hydrogen-bond acceptors (Lipinski definition) is 3. The molecule has 0 bridgehead atoms. The lowest BCUT2D eigenvalue weighted by Crippen LogP contribution is -2.30. The molecular formula is C11H12BrFO3S. The Labute approximate surface area is 108 Å². The standard InChI is InChI=1S/C11H12BrFO3S/c12-10-2-1-8(13)7-11(10)16-9-3-5-17(14,15)6-4-9/h1-2,7,9H,3-6H2. The average Bonchev–Trinajstić information content (AvgIpc) is 2.26. The van der Waals surface area contributed by atoms with Crippen LogP contribution < -0.4 is 4.74 Å². The monoisotopic (exact) mass is 322 g/mol. The smallest absolute Gasteiger partial charge is 0.150 e. The molecule has 94 valence electrons. The molecule has 1 aliphatic heterocycles. The molecule has 1 saturated heterocycles. The molecule has 0 aliphatic carbocycles. The van der Waals surface area contributed by atoms with E-state index in [4.69, 9.17) is 4.74 Å². The maximum Gasteiger partial charge on any atom is 0.150 e. The minimum absolute atomic E-state index is 0.143. The summed E-state index contributed by atoms with van der Waals surface area (Å²) in [7, 11) is -2.89. The van der Waals surface area contributed by atoms with E-state index in [1.807, 2.05) is 0 Å². The molecule has 0 atom stereocenters. The van der Waals surface area contributed by atoms with E-state index < -0.39 is 9.84 Å². The van der Waals surface area contributed by atoms with Crippen molar-refractivity contribution < 1.29 is 17.5 Å². The third kappa shape index (κ3) is 3.42. The van der Waals surface area contributed by atoms with E-state index in [-0.39, 0.29) is 23.4 Å². The third-order valence-corrected chi connectivity index (χ3v) is 5.06. The molecule has 0 unspecified atom stereocenters. The predicted octanol–water partition coefficient (Wildman–Crippen LogP) is 2.54. The average molecular weight is 323 g/mol. The van der Waals surface area contributed by atoms with Crippen LogP contribution >= 0.6 is 15.9 Å². The summed E-state index contributed by atoms with van der Waals surface area (Å²) in [5.74, 6) is 0.343. The van der Waals surface area contributed by atoms with E-state index in [2.05, 4.69) is 15.9 Å². The number of hydrogen-bond donors (Lipinski definition) is 0. The largest absolute Gasteiger partial charge is 0.489 e. The van der Waals surface area contributed by atoms with Gasteiger partial charge in [-0.05, 0) is 40.9 Å². The third-order valence-electron chi connectivity index (χ3n) is 2.69. The molecule has 1 aromatic rings. The number of benzene rings is 1. The maximum absolute atomic E-state index is 13.0. The fourth-order valence-electron chi connectivity index (χ4n) is 1.73. The summed E-state index contributed by atoms with van der Waals surface area (Å²) >= 11 is 3.27. The van der Waals surface area contributed by atoms with Crippen molar-refractivity contribution in [1.82, 2.24) is 0 Å². The molecule has 0 saturated carbocycles. The van der Waals surface area contributed by atoms with Crippen molar-refractivity contribution in [2.24, 2.45) is 0 Å². The van der Waals surface area contributed by atoms with Gasteiger partial charge in [-0.2, -0.15) is 0 Å². The Balaban J connectivity index is 2.05. The van der Waals surface area contributed by atoms with Crippen molar-refractivity contribution in [2.75, 3.05) is 11.5 Å². The van der Waals surface area contributed by atoms with Gasteiger partial charge in [-0.3, -0.25) is 0 Å². The van der Waals surface area contributed by atoms with Crippen LogP contribution in [-0.4, -0.2) is 26.0 Å². The quantitative estimate of drug-likeness (QED) is 0.840. The van der Waals surface area contributed by atoms with Crippen LogP contribution in [0.2, 0.25) is 0 Å². The number of ether oxygens (including phenoxy) is 1. The van der Waals surface area contributed by atoms with Crippen LogP contribution in [0.3, 0.4) is 0 Å².